The minimum atomic E-state index is -4.38. The zero-order valence-corrected chi connectivity index (χ0v) is 15.6. The van der Waals surface area contributed by atoms with Gasteiger partial charge in [-0.2, -0.15) is 18.2 Å². The molecule has 7 nitrogen and oxygen atoms in total. The molecule has 0 atom stereocenters. The summed E-state index contributed by atoms with van der Waals surface area (Å²) in [6.45, 7) is -1.35. The van der Waals surface area contributed by atoms with Gasteiger partial charge in [0.2, 0.25) is 5.88 Å². The first-order valence-electron chi connectivity index (χ1n) is 8.48. The first kappa shape index (κ1) is 19.3. The first-order chi connectivity index (χ1) is 13.9. The van der Waals surface area contributed by atoms with Gasteiger partial charge < -0.3 is 14.4 Å². The molecule has 0 spiro atoms. The van der Waals surface area contributed by atoms with Gasteiger partial charge >= 0.3 is 6.18 Å². The van der Waals surface area contributed by atoms with Gasteiger partial charge in [-0.3, -0.25) is 4.98 Å². The third-order valence-electron chi connectivity index (χ3n) is 4.00. The van der Waals surface area contributed by atoms with Crippen LogP contribution in [0.1, 0.15) is 0 Å². The summed E-state index contributed by atoms with van der Waals surface area (Å²) in [6.07, 6.45) is 0.355. The molecule has 0 aliphatic heterocycles. The average Bonchev–Trinajstić information content (AvgIpc) is 3.32. The van der Waals surface area contributed by atoms with Gasteiger partial charge in [0.15, 0.2) is 11.6 Å². The summed E-state index contributed by atoms with van der Waals surface area (Å²) in [5.74, 6) is 0.280. The van der Waals surface area contributed by atoms with E-state index in [0.29, 0.717) is 21.7 Å². The van der Waals surface area contributed by atoms with E-state index in [1.54, 1.807) is 23.0 Å². The van der Waals surface area contributed by atoms with Crippen LogP contribution in [-0.4, -0.2) is 49.0 Å². The molecule has 4 aromatic rings. The quantitative estimate of drug-likeness (QED) is 0.475. The number of nitrogens with zero attached hydrogens (tertiary/aromatic N) is 5. The fraction of sp³-hybridized carbons (Fsp3) is 0.222. The molecule has 0 saturated carbocycles. The van der Waals surface area contributed by atoms with Crippen molar-refractivity contribution in [2.75, 3.05) is 13.2 Å². The highest BCUT2D eigenvalue weighted by atomic mass is 32.1. The number of fused-ring (bicyclic) bond motifs is 1. The maximum Gasteiger partial charge on any atom is 0.411 e. The van der Waals surface area contributed by atoms with E-state index < -0.39 is 12.8 Å². The lowest BCUT2D eigenvalue weighted by Crippen LogP contribution is -2.19. The van der Waals surface area contributed by atoms with Crippen LogP contribution in [0.2, 0.25) is 0 Å². The van der Waals surface area contributed by atoms with Crippen molar-refractivity contribution in [3.63, 3.8) is 0 Å². The van der Waals surface area contributed by atoms with E-state index >= 15 is 0 Å². The Hall–Kier alpha value is -3.05. The lowest BCUT2D eigenvalue weighted by molar-refractivity contribution is -0.174. The Labute approximate surface area is 166 Å². The maximum atomic E-state index is 12.2. The fourth-order valence-electron chi connectivity index (χ4n) is 2.75. The molecule has 4 rings (SSSR count). The molecule has 4 heterocycles. The van der Waals surface area contributed by atoms with Crippen LogP contribution in [0.15, 0.2) is 42.2 Å². The number of rotatable bonds is 6. The lowest BCUT2D eigenvalue weighted by Gasteiger charge is -2.10. The van der Waals surface area contributed by atoms with Crippen LogP contribution in [0.5, 0.6) is 5.88 Å². The molecular formula is C18H14F3N5O2S. The second-order valence-electron chi connectivity index (χ2n) is 6.02. The first-order valence-corrected chi connectivity index (χ1v) is 9.36. The number of hydrogen-bond donors (Lipinski definition) is 1. The van der Waals surface area contributed by atoms with Crippen molar-refractivity contribution in [3.8, 4) is 28.8 Å². The van der Waals surface area contributed by atoms with Crippen molar-refractivity contribution in [1.82, 2.24) is 24.5 Å². The number of aromatic nitrogens is 5. The second kappa shape index (κ2) is 7.76. The third kappa shape index (κ3) is 4.20. The summed E-state index contributed by atoms with van der Waals surface area (Å²) in [6, 6.07) is 5.48. The number of thiophene rings is 1. The van der Waals surface area contributed by atoms with Crippen LogP contribution in [0.25, 0.3) is 33.1 Å². The van der Waals surface area contributed by atoms with Crippen molar-refractivity contribution < 1.29 is 23.0 Å². The fourth-order valence-corrected chi connectivity index (χ4v) is 3.64. The minimum Gasteiger partial charge on any atom is -0.492 e. The highest BCUT2D eigenvalue weighted by Crippen LogP contribution is 2.36. The molecule has 150 valence electrons. The largest absolute Gasteiger partial charge is 0.492 e. The molecule has 11 heteroatoms. The predicted octanol–water partition coefficient (Wildman–Crippen LogP) is 3.90. The second-order valence-corrected chi connectivity index (χ2v) is 6.90. The highest BCUT2D eigenvalue weighted by molar-refractivity contribution is 7.18. The minimum absolute atomic E-state index is 0.129. The molecule has 4 aromatic heterocycles. The van der Waals surface area contributed by atoms with Gasteiger partial charge in [-0.15, -0.1) is 11.3 Å². The standard InChI is InChI=1S/C18H14F3N5O2S/c19-18(20,21)10-28-8-7-26-6-5-23-16(26)15-24-13-11(12-3-1-2-4-22-12)9-29-14(13)17(27)25-15/h1-6,9H,7-8,10H2,(H,24,25,27). The molecule has 0 fully saturated rings. The maximum absolute atomic E-state index is 12.2. The Morgan fingerprint density at radius 2 is 2.00 bits per heavy atom. The SMILES string of the molecule is Oc1nc(-c2nccn2CCOCC(F)(F)F)nc2c(-c3ccccn3)csc12. The normalized spacial score (nSPS) is 12.0. The van der Waals surface area contributed by atoms with Crippen LogP contribution < -0.4 is 0 Å². The van der Waals surface area contributed by atoms with E-state index in [-0.39, 0.29) is 24.9 Å². The van der Waals surface area contributed by atoms with Crippen molar-refractivity contribution in [1.29, 1.82) is 0 Å². The van der Waals surface area contributed by atoms with E-state index in [1.807, 2.05) is 17.5 Å². The van der Waals surface area contributed by atoms with E-state index in [1.165, 1.54) is 17.5 Å². The molecule has 0 aliphatic rings. The number of hydrogen-bond acceptors (Lipinski definition) is 7. The predicted molar refractivity (Wildman–Crippen MR) is 100 cm³/mol. The van der Waals surface area contributed by atoms with Crippen LogP contribution in [0.3, 0.4) is 0 Å². The molecule has 1 N–H and O–H groups in total. The molecule has 0 amide bonds. The van der Waals surface area contributed by atoms with Crippen molar-refractivity contribution in [2.24, 2.45) is 0 Å². The average molecular weight is 421 g/mol. The van der Waals surface area contributed by atoms with Crippen molar-refractivity contribution in [2.45, 2.75) is 12.7 Å². The molecule has 0 radical (unpaired) electrons. The zero-order valence-electron chi connectivity index (χ0n) is 14.8. The van der Waals surface area contributed by atoms with Gasteiger partial charge in [-0.25, -0.2) is 9.97 Å². The number of aromatic hydroxyl groups is 1. The summed E-state index contributed by atoms with van der Waals surface area (Å²) in [5.41, 5.74) is 1.97. The number of halogens is 3. The number of pyridine rings is 1. The monoisotopic (exact) mass is 421 g/mol. The van der Waals surface area contributed by atoms with Gasteiger partial charge in [-0.1, -0.05) is 6.07 Å². The summed E-state index contributed by atoms with van der Waals surface area (Å²) < 4.78 is 43.4. The van der Waals surface area contributed by atoms with Gasteiger partial charge in [0.05, 0.1) is 17.8 Å². The highest BCUT2D eigenvalue weighted by Gasteiger charge is 2.27. The van der Waals surface area contributed by atoms with E-state index in [9.17, 15) is 18.3 Å². The summed E-state index contributed by atoms with van der Waals surface area (Å²) >= 11 is 1.30. The summed E-state index contributed by atoms with van der Waals surface area (Å²) in [4.78, 5) is 17.1. The van der Waals surface area contributed by atoms with E-state index in [4.69, 9.17) is 0 Å². The Bertz CT molecular complexity index is 1130. The number of imidazole rings is 1. The van der Waals surface area contributed by atoms with Crippen LogP contribution in [0.4, 0.5) is 13.2 Å². The smallest absolute Gasteiger partial charge is 0.411 e. The Morgan fingerprint density at radius 3 is 2.76 bits per heavy atom. The van der Waals surface area contributed by atoms with Crippen LogP contribution >= 0.6 is 11.3 Å². The van der Waals surface area contributed by atoms with Crippen molar-refractivity contribution >= 4 is 21.6 Å². The summed E-state index contributed by atoms with van der Waals surface area (Å²) in [7, 11) is 0. The van der Waals surface area contributed by atoms with Crippen LogP contribution in [-0.2, 0) is 11.3 Å². The molecule has 0 bridgehead atoms. The molecule has 29 heavy (non-hydrogen) atoms. The zero-order chi connectivity index (χ0) is 20.4. The molecule has 0 aromatic carbocycles. The Balaban J connectivity index is 1.65. The molecule has 0 saturated heterocycles. The van der Waals surface area contributed by atoms with Gasteiger partial charge in [-0.05, 0) is 12.1 Å². The molecular weight excluding hydrogens is 407 g/mol. The summed E-state index contributed by atoms with van der Waals surface area (Å²) in [5, 5.41) is 12.2. The van der Waals surface area contributed by atoms with E-state index in [0.717, 1.165) is 5.56 Å². The Morgan fingerprint density at radius 1 is 1.14 bits per heavy atom. The van der Waals surface area contributed by atoms with Crippen LogP contribution in [0, 0.1) is 0 Å². The number of ether oxygens (including phenoxy) is 1. The van der Waals surface area contributed by atoms with Gasteiger partial charge in [0.1, 0.15) is 11.3 Å². The Kier molecular flexibility index (Phi) is 5.16. The lowest BCUT2D eigenvalue weighted by atomic mass is 10.2. The third-order valence-corrected chi connectivity index (χ3v) is 4.96. The number of alkyl halides is 3. The topological polar surface area (TPSA) is 86.0 Å². The molecule has 0 aliphatic carbocycles. The van der Waals surface area contributed by atoms with Gasteiger partial charge in [0, 0.05) is 36.1 Å². The van der Waals surface area contributed by atoms with Crippen molar-refractivity contribution in [3.05, 3.63) is 42.2 Å². The molecule has 0 unspecified atom stereocenters. The van der Waals surface area contributed by atoms with Gasteiger partial charge in [0.25, 0.3) is 0 Å². The van der Waals surface area contributed by atoms with E-state index in [2.05, 4.69) is 24.7 Å².